The zero-order valence-corrected chi connectivity index (χ0v) is 13.4. The summed E-state index contributed by atoms with van der Waals surface area (Å²) in [5, 5.41) is 7.55. The normalized spacial score (nSPS) is 10.6. The summed E-state index contributed by atoms with van der Waals surface area (Å²) in [5.41, 5.74) is 2.82. The van der Waals surface area contributed by atoms with Crippen molar-refractivity contribution < 1.29 is 9.59 Å². The number of thiophene rings is 1. The Balaban J connectivity index is 1.90. The molecule has 1 heterocycles. The molecule has 0 spiro atoms. The molecule has 0 bridgehead atoms. The zero-order valence-electron chi connectivity index (χ0n) is 12.6. The summed E-state index contributed by atoms with van der Waals surface area (Å²) in [6.07, 6.45) is 3.36. The fourth-order valence-corrected chi connectivity index (χ4v) is 2.74. The van der Waals surface area contributed by atoms with Crippen LogP contribution in [0, 0.1) is 6.92 Å². The van der Waals surface area contributed by atoms with Crippen molar-refractivity contribution in [2.45, 2.75) is 20.4 Å². The Labute approximate surface area is 133 Å². The molecule has 114 valence electrons. The van der Waals surface area contributed by atoms with E-state index in [1.807, 2.05) is 48.7 Å². The van der Waals surface area contributed by atoms with Gasteiger partial charge in [0.15, 0.2) is 0 Å². The Morgan fingerprint density at radius 3 is 2.77 bits per heavy atom. The Morgan fingerprint density at radius 1 is 1.27 bits per heavy atom. The molecular formula is C17H18N2O2S. The van der Waals surface area contributed by atoms with Crippen LogP contribution in [-0.4, -0.2) is 11.8 Å². The first-order valence-corrected chi connectivity index (χ1v) is 7.79. The SMILES string of the molecule is CC(=O)Nc1cccc(CNC(=O)/C=C/c2sccc2C)c1. The number of hydrogen-bond donors (Lipinski definition) is 2. The molecule has 2 amide bonds. The number of anilines is 1. The van der Waals surface area contributed by atoms with Crippen LogP contribution in [0.1, 0.15) is 22.9 Å². The molecule has 1 aromatic heterocycles. The maximum absolute atomic E-state index is 11.8. The van der Waals surface area contributed by atoms with Crippen molar-refractivity contribution in [1.82, 2.24) is 5.32 Å². The lowest BCUT2D eigenvalue weighted by atomic mass is 10.2. The van der Waals surface area contributed by atoms with Crippen molar-refractivity contribution in [3.8, 4) is 0 Å². The van der Waals surface area contributed by atoms with E-state index in [0.29, 0.717) is 6.54 Å². The summed E-state index contributed by atoms with van der Waals surface area (Å²) in [4.78, 5) is 23.9. The van der Waals surface area contributed by atoms with Crippen LogP contribution in [0.4, 0.5) is 5.69 Å². The number of benzene rings is 1. The van der Waals surface area contributed by atoms with Crippen LogP contribution in [0.25, 0.3) is 6.08 Å². The zero-order chi connectivity index (χ0) is 15.9. The van der Waals surface area contributed by atoms with Gasteiger partial charge < -0.3 is 10.6 Å². The first-order valence-electron chi connectivity index (χ1n) is 6.91. The van der Waals surface area contributed by atoms with Crippen LogP contribution in [0.15, 0.2) is 41.8 Å². The fourth-order valence-electron chi connectivity index (χ4n) is 1.92. The van der Waals surface area contributed by atoms with Gasteiger partial charge in [-0.2, -0.15) is 0 Å². The molecule has 0 aliphatic heterocycles. The number of amides is 2. The van der Waals surface area contributed by atoms with Crippen molar-refractivity contribution >= 4 is 34.9 Å². The lowest BCUT2D eigenvalue weighted by molar-refractivity contribution is -0.116. The number of hydrogen-bond acceptors (Lipinski definition) is 3. The van der Waals surface area contributed by atoms with Crippen LogP contribution in [-0.2, 0) is 16.1 Å². The second kappa shape index (κ2) is 7.56. The fraction of sp³-hybridized carbons (Fsp3) is 0.176. The van der Waals surface area contributed by atoms with Gasteiger partial charge in [0.25, 0.3) is 0 Å². The van der Waals surface area contributed by atoms with Crippen molar-refractivity contribution in [2.75, 3.05) is 5.32 Å². The Hall–Kier alpha value is -2.40. The standard InChI is InChI=1S/C17H18N2O2S/c1-12-8-9-22-16(12)6-7-17(21)18-11-14-4-3-5-15(10-14)19-13(2)20/h3-10H,11H2,1-2H3,(H,18,21)(H,19,20)/b7-6+. The largest absolute Gasteiger partial charge is 0.348 e. The summed E-state index contributed by atoms with van der Waals surface area (Å²) in [6.45, 7) is 3.90. The highest BCUT2D eigenvalue weighted by Gasteiger charge is 2.01. The third-order valence-corrected chi connectivity index (χ3v) is 3.99. The van der Waals surface area contributed by atoms with Gasteiger partial charge in [-0.3, -0.25) is 9.59 Å². The monoisotopic (exact) mass is 314 g/mol. The van der Waals surface area contributed by atoms with Gasteiger partial charge in [0.05, 0.1) is 0 Å². The van der Waals surface area contributed by atoms with Crippen molar-refractivity contribution in [1.29, 1.82) is 0 Å². The summed E-state index contributed by atoms with van der Waals surface area (Å²) in [6, 6.07) is 9.42. The Kier molecular flexibility index (Phi) is 5.49. The van der Waals surface area contributed by atoms with E-state index in [2.05, 4.69) is 10.6 Å². The maximum atomic E-state index is 11.8. The molecule has 1 aromatic carbocycles. The topological polar surface area (TPSA) is 58.2 Å². The van der Waals surface area contributed by atoms with Gasteiger partial charge in [0.1, 0.15) is 0 Å². The highest BCUT2D eigenvalue weighted by Crippen LogP contribution is 2.16. The van der Waals surface area contributed by atoms with E-state index in [-0.39, 0.29) is 11.8 Å². The number of aryl methyl sites for hydroxylation is 1. The quantitative estimate of drug-likeness (QED) is 0.832. The first-order chi connectivity index (χ1) is 10.5. The maximum Gasteiger partial charge on any atom is 0.244 e. The molecule has 4 nitrogen and oxygen atoms in total. The van der Waals surface area contributed by atoms with E-state index in [4.69, 9.17) is 0 Å². The van der Waals surface area contributed by atoms with Gasteiger partial charge in [-0.05, 0) is 47.7 Å². The molecule has 0 saturated carbocycles. The lowest BCUT2D eigenvalue weighted by Crippen LogP contribution is -2.20. The number of rotatable bonds is 5. The second-order valence-corrected chi connectivity index (χ2v) is 5.85. The van der Waals surface area contributed by atoms with E-state index in [0.717, 1.165) is 21.7 Å². The highest BCUT2D eigenvalue weighted by atomic mass is 32.1. The number of nitrogens with one attached hydrogen (secondary N) is 2. The minimum Gasteiger partial charge on any atom is -0.348 e. The van der Waals surface area contributed by atoms with E-state index in [9.17, 15) is 9.59 Å². The van der Waals surface area contributed by atoms with Crippen molar-refractivity contribution in [2.24, 2.45) is 0 Å². The minimum atomic E-state index is -0.141. The van der Waals surface area contributed by atoms with Crippen LogP contribution >= 0.6 is 11.3 Å². The predicted molar refractivity (Wildman–Crippen MR) is 90.7 cm³/mol. The van der Waals surface area contributed by atoms with Crippen LogP contribution in [0.2, 0.25) is 0 Å². The highest BCUT2D eigenvalue weighted by molar-refractivity contribution is 7.11. The minimum absolute atomic E-state index is 0.115. The Morgan fingerprint density at radius 2 is 2.09 bits per heavy atom. The molecule has 0 aliphatic carbocycles. The van der Waals surface area contributed by atoms with Gasteiger partial charge >= 0.3 is 0 Å². The molecule has 22 heavy (non-hydrogen) atoms. The molecule has 2 rings (SSSR count). The third kappa shape index (κ3) is 4.86. The van der Waals surface area contributed by atoms with E-state index in [1.165, 1.54) is 13.0 Å². The molecule has 5 heteroatoms. The van der Waals surface area contributed by atoms with Gasteiger partial charge in [0, 0.05) is 30.1 Å². The molecule has 0 radical (unpaired) electrons. The lowest BCUT2D eigenvalue weighted by Gasteiger charge is -2.06. The molecular weight excluding hydrogens is 296 g/mol. The van der Waals surface area contributed by atoms with E-state index >= 15 is 0 Å². The molecule has 2 N–H and O–H groups in total. The number of carbonyl (C=O) groups is 2. The molecule has 0 saturated heterocycles. The molecule has 0 atom stereocenters. The molecule has 2 aromatic rings. The molecule has 0 fully saturated rings. The predicted octanol–water partition coefficient (Wildman–Crippen LogP) is 3.34. The molecule has 0 unspecified atom stereocenters. The van der Waals surface area contributed by atoms with Gasteiger partial charge in [-0.25, -0.2) is 0 Å². The average Bonchev–Trinajstić information content (AvgIpc) is 2.88. The van der Waals surface area contributed by atoms with Gasteiger partial charge in [-0.1, -0.05) is 12.1 Å². The van der Waals surface area contributed by atoms with Crippen molar-refractivity contribution in [3.05, 3.63) is 57.8 Å². The summed E-state index contributed by atoms with van der Waals surface area (Å²) in [7, 11) is 0. The van der Waals surface area contributed by atoms with E-state index in [1.54, 1.807) is 11.3 Å². The second-order valence-electron chi connectivity index (χ2n) is 4.90. The number of carbonyl (C=O) groups excluding carboxylic acids is 2. The van der Waals surface area contributed by atoms with Crippen LogP contribution in [0.3, 0.4) is 0 Å². The van der Waals surface area contributed by atoms with Crippen LogP contribution < -0.4 is 10.6 Å². The Bertz CT molecular complexity index is 704. The van der Waals surface area contributed by atoms with Crippen LogP contribution in [0.5, 0.6) is 0 Å². The van der Waals surface area contributed by atoms with Gasteiger partial charge in [-0.15, -0.1) is 11.3 Å². The average molecular weight is 314 g/mol. The summed E-state index contributed by atoms with van der Waals surface area (Å²) >= 11 is 1.61. The third-order valence-electron chi connectivity index (χ3n) is 3.00. The van der Waals surface area contributed by atoms with E-state index < -0.39 is 0 Å². The van der Waals surface area contributed by atoms with Gasteiger partial charge in [0.2, 0.25) is 11.8 Å². The molecule has 0 aliphatic rings. The smallest absolute Gasteiger partial charge is 0.244 e. The summed E-state index contributed by atoms with van der Waals surface area (Å²) < 4.78 is 0. The summed E-state index contributed by atoms with van der Waals surface area (Å²) in [5.74, 6) is -0.256. The first kappa shape index (κ1) is 16.0. The van der Waals surface area contributed by atoms with Crippen molar-refractivity contribution in [3.63, 3.8) is 0 Å².